The minimum absolute atomic E-state index is 0.172. The maximum absolute atomic E-state index is 12.5. The van der Waals surface area contributed by atoms with E-state index in [1.165, 1.54) is 6.07 Å². The highest BCUT2D eigenvalue weighted by molar-refractivity contribution is 7.89. The molecule has 0 radical (unpaired) electrons. The Morgan fingerprint density at radius 3 is 2.68 bits per heavy atom. The normalized spacial score (nSPS) is 11.9. The van der Waals surface area contributed by atoms with Gasteiger partial charge in [-0.05, 0) is 56.7 Å². The number of nitrogens with one attached hydrogen (secondary N) is 2. The highest BCUT2D eigenvalue weighted by Gasteiger charge is 2.16. The summed E-state index contributed by atoms with van der Waals surface area (Å²) in [5, 5.41) is 10.9. The Morgan fingerprint density at radius 1 is 1.18 bits per heavy atom. The quantitative estimate of drug-likeness (QED) is 0.630. The van der Waals surface area contributed by atoms with Gasteiger partial charge in [0.05, 0.1) is 10.4 Å². The Morgan fingerprint density at radius 2 is 1.96 bits per heavy atom. The zero-order valence-electron chi connectivity index (χ0n) is 16.0. The van der Waals surface area contributed by atoms with Crippen LogP contribution in [0, 0.1) is 0 Å². The van der Waals surface area contributed by atoms with Gasteiger partial charge in [0.1, 0.15) is 5.52 Å². The number of fused-ring (bicyclic) bond motifs is 1. The number of carbonyl (C=O) groups excluding carboxylic acids is 1. The van der Waals surface area contributed by atoms with E-state index in [9.17, 15) is 13.2 Å². The average molecular weight is 401 g/mol. The molecule has 8 nitrogen and oxygen atoms in total. The van der Waals surface area contributed by atoms with Crippen LogP contribution in [-0.4, -0.2) is 35.4 Å². The lowest BCUT2D eigenvalue weighted by Gasteiger charge is -2.11. The third kappa shape index (κ3) is 4.37. The van der Waals surface area contributed by atoms with Gasteiger partial charge >= 0.3 is 0 Å². The van der Waals surface area contributed by atoms with Crippen molar-refractivity contribution in [3.63, 3.8) is 0 Å². The summed E-state index contributed by atoms with van der Waals surface area (Å²) in [5.74, 6) is -0.262. The number of rotatable bonds is 7. The number of benzene rings is 2. The van der Waals surface area contributed by atoms with E-state index in [2.05, 4.69) is 20.4 Å². The molecule has 0 unspecified atom stereocenters. The molecule has 0 aliphatic heterocycles. The second kappa shape index (κ2) is 8.07. The second-order valence-electron chi connectivity index (χ2n) is 6.71. The molecule has 0 spiro atoms. The molecule has 0 aliphatic rings. The highest BCUT2D eigenvalue weighted by atomic mass is 32.2. The van der Waals surface area contributed by atoms with E-state index >= 15 is 0 Å². The molecule has 0 atom stereocenters. The van der Waals surface area contributed by atoms with Gasteiger partial charge in [-0.1, -0.05) is 17.3 Å². The minimum Gasteiger partial charge on any atom is -0.348 e. The van der Waals surface area contributed by atoms with Crippen molar-refractivity contribution in [3.8, 4) is 0 Å². The molecular weight excluding hydrogens is 378 g/mol. The van der Waals surface area contributed by atoms with Crippen LogP contribution in [0.5, 0.6) is 0 Å². The molecule has 0 bridgehead atoms. The van der Waals surface area contributed by atoms with E-state index in [4.69, 9.17) is 0 Å². The number of nitrogens with zero attached hydrogens (tertiary/aromatic N) is 3. The first-order valence-corrected chi connectivity index (χ1v) is 10.5. The maximum atomic E-state index is 12.5. The molecule has 148 valence electrons. The fraction of sp³-hybridized carbons (Fsp3) is 0.316. The van der Waals surface area contributed by atoms with Crippen LogP contribution in [0.4, 0.5) is 0 Å². The molecule has 1 heterocycles. The predicted octanol–water partition coefficient (Wildman–Crippen LogP) is 2.07. The van der Waals surface area contributed by atoms with Crippen molar-refractivity contribution in [3.05, 3.63) is 53.6 Å². The lowest BCUT2D eigenvalue weighted by molar-refractivity contribution is 0.0951. The van der Waals surface area contributed by atoms with Crippen LogP contribution in [0.25, 0.3) is 11.0 Å². The van der Waals surface area contributed by atoms with Crippen LogP contribution < -0.4 is 10.0 Å². The van der Waals surface area contributed by atoms with E-state index in [0.29, 0.717) is 23.2 Å². The number of aromatic nitrogens is 3. The number of sulfonamides is 1. The molecule has 0 aliphatic carbocycles. The van der Waals surface area contributed by atoms with Crippen molar-refractivity contribution in [1.82, 2.24) is 25.0 Å². The number of carbonyl (C=O) groups is 1. The number of aryl methyl sites for hydroxylation is 1. The first-order valence-electron chi connectivity index (χ1n) is 9.03. The third-order valence-corrected chi connectivity index (χ3v) is 5.78. The van der Waals surface area contributed by atoms with Crippen molar-refractivity contribution < 1.29 is 13.2 Å². The van der Waals surface area contributed by atoms with Gasteiger partial charge in [0.15, 0.2) is 0 Å². The maximum Gasteiger partial charge on any atom is 0.251 e. The Labute approximate surface area is 164 Å². The zero-order chi connectivity index (χ0) is 20.3. The Hall–Kier alpha value is -2.78. The monoisotopic (exact) mass is 401 g/mol. The number of hydrogen-bond donors (Lipinski definition) is 2. The van der Waals surface area contributed by atoms with Gasteiger partial charge in [-0.2, -0.15) is 0 Å². The van der Waals surface area contributed by atoms with E-state index in [0.717, 1.165) is 5.52 Å². The topological polar surface area (TPSA) is 106 Å². The molecule has 0 fully saturated rings. The largest absolute Gasteiger partial charge is 0.348 e. The Balaban J connectivity index is 1.72. The molecule has 3 aromatic rings. The summed E-state index contributed by atoms with van der Waals surface area (Å²) in [6.45, 7) is 6.41. The molecule has 0 saturated carbocycles. The third-order valence-electron chi connectivity index (χ3n) is 4.13. The summed E-state index contributed by atoms with van der Waals surface area (Å²) in [6.07, 6.45) is 0. The summed E-state index contributed by atoms with van der Waals surface area (Å²) >= 11 is 0. The SMILES string of the molecule is CCn1nnc2cc(C(=O)NCc3cccc(S(=O)(=O)NC(C)C)c3)ccc21. The molecule has 1 aromatic heterocycles. The van der Waals surface area contributed by atoms with Crippen molar-refractivity contribution in [2.24, 2.45) is 0 Å². The van der Waals surface area contributed by atoms with Crippen LogP contribution in [0.2, 0.25) is 0 Å². The molecule has 9 heteroatoms. The lowest BCUT2D eigenvalue weighted by Crippen LogP contribution is -2.30. The molecular formula is C19H23N5O3S. The predicted molar refractivity (Wildman–Crippen MR) is 106 cm³/mol. The van der Waals surface area contributed by atoms with E-state index in [1.807, 2.05) is 13.0 Å². The zero-order valence-corrected chi connectivity index (χ0v) is 16.8. The molecule has 2 N–H and O–H groups in total. The van der Waals surface area contributed by atoms with Gasteiger partial charge in [0.2, 0.25) is 10.0 Å². The first-order chi connectivity index (χ1) is 13.3. The Kier molecular flexibility index (Phi) is 5.76. The second-order valence-corrected chi connectivity index (χ2v) is 8.43. The van der Waals surface area contributed by atoms with Crippen molar-refractivity contribution in [1.29, 1.82) is 0 Å². The molecule has 1 amide bonds. The molecule has 0 saturated heterocycles. The summed E-state index contributed by atoms with van der Waals surface area (Å²) in [7, 11) is -3.58. The lowest BCUT2D eigenvalue weighted by atomic mass is 10.1. The Bertz CT molecular complexity index is 1110. The molecule has 3 rings (SSSR count). The van der Waals surface area contributed by atoms with Crippen molar-refractivity contribution >= 4 is 27.0 Å². The summed E-state index contributed by atoms with van der Waals surface area (Å²) in [5.41, 5.74) is 2.69. The van der Waals surface area contributed by atoms with Gasteiger partial charge in [0.25, 0.3) is 5.91 Å². The summed E-state index contributed by atoms with van der Waals surface area (Å²) in [6, 6.07) is 11.5. The van der Waals surface area contributed by atoms with E-state index < -0.39 is 10.0 Å². The summed E-state index contributed by atoms with van der Waals surface area (Å²) in [4.78, 5) is 12.6. The van der Waals surface area contributed by atoms with Gasteiger partial charge in [-0.3, -0.25) is 4.79 Å². The highest BCUT2D eigenvalue weighted by Crippen LogP contribution is 2.15. The van der Waals surface area contributed by atoms with Crippen LogP contribution in [0.1, 0.15) is 36.7 Å². The van der Waals surface area contributed by atoms with Crippen LogP contribution >= 0.6 is 0 Å². The van der Waals surface area contributed by atoms with Crippen LogP contribution in [0.3, 0.4) is 0 Å². The van der Waals surface area contributed by atoms with Gasteiger partial charge in [-0.15, -0.1) is 5.10 Å². The smallest absolute Gasteiger partial charge is 0.251 e. The van der Waals surface area contributed by atoms with Gasteiger partial charge in [0, 0.05) is 24.7 Å². The number of hydrogen-bond acceptors (Lipinski definition) is 5. The molecule has 2 aromatic carbocycles. The van der Waals surface area contributed by atoms with Crippen LogP contribution in [0.15, 0.2) is 47.4 Å². The van der Waals surface area contributed by atoms with E-state index in [-0.39, 0.29) is 23.4 Å². The standard InChI is InChI=1S/C19H23N5O3S/c1-4-24-18-9-8-15(11-17(18)21-23-24)19(25)20-12-14-6-5-7-16(10-14)28(26,27)22-13(2)3/h5-11,13,22H,4,12H2,1-3H3,(H,20,25). The average Bonchev–Trinajstić information content (AvgIpc) is 3.07. The minimum atomic E-state index is -3.58. The van der Waals surface area contributed by atoms with Gasteiger partial charge in [-0.25, -0.2) is 17.8 Å². The van der Waals surface area contributed by atoms with Crippen molar-refractivity contribution in [2.45, 2.75) is 44.8 Å². The summed E-state index contributed by atoms with van der Waals surface area (Å²) < 4.78 is 28.9. The number of amides is 1. The van der Waals surface area contributed by atoms with Gasteiger partial charge < -0.3 is 5.32 Å². The van der Waals surface area contributed by atoms with E-state index in [1.54, 1.807) is 48.9 Å². The fourth-order valence-electron chi connectivity index (χ4n) is 2.83. The first kappa shape index (κ1) is 20.0. The van der Waals surface area contributed by atoms with Crippen LogP contribution in [-0.2, 0) is 23.1 Å². The fourth-order valence-corrected chi connectivity index (χ4v) is 4.15. The van der Waals surface area contributed by atoms with Crippen molar-refractivity contribution in [2.75, 3.05) is 0 Å². The molecule has 28 heavy (non-hydrogen) atoms.